The number of hydrogen-bond donors (Lipinski definition) is 1. The van der Waals surface area contributed by atoms with Crippen LogP contribution in [0.3, 0.4) is 0 Å². The van der Waals surface area contributed by atoms with Crippen LogP contribution < -0.4 is 0 Å². The fourth-order valence-corrected chi connectivity index (χ4v) is 2.86. The smallest absolute Gasteiger partial charge is 0.343 e. The highest BCUT2D eigenvalue weighted by molar-refractivity contribution is 6.34. The number of rotatable bonds is 5. The molecule has 0 bridgehead atoms. The molecule has 0 atom stereocenters. The standard InChI is InChI=1S/C20H14Cl2FN3O3/c1-2-29-20(28)14(17(27)13-8-15(23)19(22)26-18(13)21)10-24-12-7-11-5-3-4-6-16(11)25-9-12/h3-10,27H,2H2,1H3/b17-14-,24-10?. The van der Waals surface area contributed by atoms with Gasteiger partial charge in [-0.2, -0.15) is 0 Å². The van der Waals surface area contributed by atoms with E-state index in [9.17, 15) is 14.3 Å². The summed E-state index contributed by atoms with van der Waals surface area (Å²) < 4.78 is 18.7. The Labute approximate surface area is 175 Å². The number of aliphatic hydroxyl groups is 1. The quantitative estimate of drug-likeness (QED) is 0.193. The number of carbonyl (C=O) groups is 1. The minimum absolute atomic E-state index is 0.0575. The van der Waals surface area contributed by atoms with Gasteiger partial charge in [-0.15, -0.1) is 0 Å². The molecular weight excluding hydrogens is 420 g/mol. The van der Waals surface area contributed by atoms with Gasteiger partial charge in [0.05, 0.1) is 29.6 Å². The van der Waals surface area contributed by atoms with Crippen molar-refractivity contribution in [1.82, 2.24) is 9.97 Å². The molecule has 29 heavy (non-hydrogen) atoms. The third-order valence-corrected chi connectivity index (χ3v) is 4.36. The van der Waals surface area contributed by atoms with E-state index in [1.54, 1.807) is 13.0 Å². The number of para-hydroxylation sites is 1. The molecule has 3 rings (SSSR count). The van der Waals surface area contributed by atoms with Gasteiger partial charge in [-0.3, -0.25) is 9.98 Å². The van der Waals surface area contributed by atoms with Crippen LogP contribution in [0.25, 0.3) is 16.7 Å². The largest absolute Gasteiger partial charge is 0.506 e. The van der Waals surface area contributed by atoms with E-state index in [1.807, 2.05) is 24.3 Å². The predicted octanol–water partition coefficient (Wildman–Crippen LogP) is 5.31. The van der Waals surface area contributed by atoms with Crippen molar-refractivity contribution in [1.29, 1.82) is 0 Å². The molecule has 0 saturated carbocycles. The first kappa shape index (κ1) is 20.7. The summed E-state index contributed by atoms with van der Waals surface area (Å²) in [7, 11) is 0. The summed E-state index contributed by atoms with van der Waals surface area (Å²) in [4.78, 5) is 24.4. The molecule has 0 aliphatic carbocycles. The Morgan fingerprint density at radius 2 is 2.03 bits per heavy atom. The Morgan fingerprint density at radius 1 is 1.28 bits per heavy atom. The van der Waals surface area contributed by atoms with E-state index in [4.69, 9.17) is 27.9 Å². The molecule has 0 radical (unpaired) electrons. The van der Waals surface area contributed by atoms with Gasteiger partial charge < -0.3 is 9.84 Å². The predicted molar refractivity (Wildman–Crippen MR) is 110 cm³/mol. The van der Waals surface area contributed by atoms with Gasteiger partial charge in [-0.05, 0) is 25.1 Å². The van der Waals surface area contributed by atoms with Gasteiger partial charge >= 0.3 is 5.97 Å². The maximum atomic E-state index is 13.8. The maximum Gasteiger partial charge on any atom is 0.343 e. The van der Waals surface area contributed by atoms with Crippen LogP contribution in [0.2, 0.25) is 10.3 Å². The van der Waals surface area contributed by atoms with E-state index >= 15 is 0 Å². The molecule has 148 valence electrons. The minimum Gasteiger partial charge on any atom is -0.506 e. The third-order valence-electron chi connectivity index (χ3n) is 3.81. The van der Waals surface area contributed by atoms with E-state index in [-0.39, 0.29) is 22.9 Å². The van der Waals surface area contributed by atoms with Crippen LogP contribution in [-0.2, 0) is 9.53 Å². The van der Waals surface area contributed by atoms with E-state index in [2.05, 4.69) is 15.0 Å². The molecule has 0 fully saturated rings. The van der Waals surface area contributed by atoms with Gasteiger partial charge in [0.25, 0.3) is 0 Å². The van der Waals surface area contributed by atoms with Crippen LogP contribution >= 0.6 is 23.2 Å². The average molecular weight is 434 g/mol. The van der Waals surface area contributed by atoms with Crippen LogP contribution in [0.4, 0.5) is 10.1 Å². The molecular formula is C20H14Cl2FN3O3. The molecule has 6 nitrogen and oxygen atoms in total. The summed E-state index contributed by atoms with van der Waals surface area (Å²) in [6, 6.07) is 10.1. The molecule has 0 saturated heterocycles. The fourth-order valence-electron chi connectivity index (χ4n) is 2.45. The number of ether oxygens (including phenoxy) is 1. The molecule has 9 heteroatoms. The number of aliphatic hydroxyl groups excluding tert-OH is 1. The molecule has 3 aromatic rings. The second-order valence-electron chi connectivity index (χ2n) is 5.73. The van der Waals surface area contributed by atoms with Gasteiger partial charge in [0, 0.05) is 11.6 Å². The lowest BCUT2D eigenvalue weighted by Crippen LogP contribution is -2.11. The number of benzene rings is 1. The number of carbonyl (C=O) groups excluding carboxylic acids is 1. The Morgan fingerprint density at radius 3 is 2.79 bits per heavy atom. The van der Waals surface area contributed by atoms with Crippen molar-refractivity contribution < 1.29 is 19.0 Å². The number of aromatic nitrogens is 2. The zero-order valence-corrected chi connectivity index (χ0v) is 16.6. The lowest BCUT2D eigenvalue weighted by Gasteiger charge is -2.08. The number of aliphatic imine (C=N–C) groups is 1. The second-order valence-corrected chi connectivity index (χ2v) is 6.44. The summed E-state index contributed by atoms with van der Waals surface area (Å²) >= 11 is 11.5. The van der Waals surface area contributed by atoms with Gasteiger partial charge in [0.1, 0.15) is 16.5 Å². The van der Waals surface area contributed by atoms with E-state index in [1.165, 1.54) is 6.20 Å². The minimum atomic E-state index is -0.906. The summed E-state index contributed by atoms with van der Waals surface area (Å²) in [5, 5.41) is 10.7. The van der Waals surface area contributed by atoms with E-state index < -0.39 is 22.7 Å². The number of halogens is 3. The number of hydrogen-bond acceptors (Lipinski definition) is 6. The summed E-state index contributed by atoms with van der Waals surface area (Å²) in [6.45, 7) is 1.66. The highest BCUT2D eigenvalue weighted by Crippen LogP contribution is 2.27. The van der Waals surface area contributed by atoms with Crippen molar-refractivity contribution in [2.24, 2.45) is 4.99 Å². The Balaban J connectivity index is 2.06. The summed E-state index contributed by atoms with van der Waals surface area (Å²) in [5.74, 6) is -2.42. The zero-order chi connectivity index (χ0) is 21.0. The van der Waals surface area contributed by atoms with Crippen molar-refractivity contribution in [2.75, 3.05) is 6.61 Å². The first-order chi connectivity index (χ1) is 13.9. The molecule has 2 heterocycles. The molecule has 0 unspecified atom stereocenters. The Kier molecular flexibility index (Phi) is 6.41. The van der Waals surface area contributed by atoms with Crippen molar-refractivity contribution in [3.63, 3.8) is 0 Å². The molecule has 1 aromatic carbocycles. The van der Waals surface area contributed by atoms with Gasteiger partial charge in [-0.25, -0.2) is 14.2 Å². The lowest BCUT2D eigenvalue weighted by molar-refractivity contribution is -0.137. The van der Waals surface area contributed by atoms with Crippen LogP contribution in [0.15, 0.2) is 53.2 Å². The van der Waals surface area contributed by atoms with Crippen LogP contribution in [-0.4, -0.2) is 33.9 Å². The number of nitrogens with zero attached hydrogens (tertiary/aromatic N) is 3. The molecule has 0 spiro atoms. The monoisotopic (exact) mass is 433 g/mol. The Hall–Kier alpha value is -3.03. The molecule has 0 aliphatic heterocycles. The summed E-state index contributed by atoms with van der Waals surface area (Å²) in [5.41, 5.74) is 0.667. The second kappa shape index (κ2) is 8.98. The van der Waals surface area contributed by atoms with Gasteiger partial charge in [0.2, 0.25) is 0 Å². The van der Waals surface area contributed by atoms with Crippen molar-refractivity contribution >= 4 is 57.7 Å². The number of esters is 1. The van der Waals surface area contributed by atoms with Crippen LogP contribution in [0, 0.1) is 5.82 Å². The van der Waals surface area contributed by atoms with Gasteiger partial charge in [-0.1, -0.05) is 41.4 Å². The molecule has 0 aliphatic rings. The first-order valence-electron chi connectivity index (χ1n) is 8.41. The van der Waals surface area contributed by atoms with Crippen molar-refractivity contribution in [3.05, 3.63) is 69.9 Å². The normalized spacial score (nSPS) is 12.3. The van der Waals surface area contributed by atoms with Crippen molar-refractivity contribution in [3.8, 4) is 0 Å². The lowest BCUT2D eigenvalue weighted by atomic mass is 10.1. The third kappa shape index (κ3) is 4.70. The first-order valence-corrected chi connectivity index (χ1v) is 9.17. The van der Waals surface area contributed by atoms with E-state index in [0.717, 1.165) is 23.2 Å². The topological polar surface area (TPSA) is 84.7 Å². The van der Waals surface area contributed by atoms with Gasteiger partial charge in [0.15, 0.2) is 11.0 Å². The van der Waals surface area contributed by atoms with Crippen LogP contribution in [0.1, 0.15) is 12.5 Å². The highest BCUT2D eigenvalue weighted by atomic mass is 35.5. The Bertz CT molecular complexity index is 1150. The molecule has 2 aromatic heterocycles. The molecule has 1 N–H and O–H groups in total. The number of fused-ring (bicyclic) bond motifs is 1. The van der Waals surface area contributed by atoms with Crippen LogP contribution in [0.5, 0.6) is 0 Å². The van der Waals surface area contributed by atoms with Crippen molar-refractivity contribution in [2.45, 2.75) is 6.92 Å². The fraction of sp³-hybridized carbons (Fsp3) is 0.100. The molecule has 0 amide bonds. The highest BCUT2D eigenvalue weighted by Gasteiger charge is 2.20. The zero-order valence-electron chi connectivity index (χ0n) is 15.1. The number of pyridine rings is 2. The average Bonchev–Trinajstić information content (AvgIpc) is 2.70. The maximum absolute atomic E-state index is 13.8. The SMILES string of the molecule is CCOC(=O)/C(C=Nc1cnc2ccccc2c1)=C(\O)c1cc(F)c(Cl)nc1Cl. The van der Waals surface area contributed by atoms with E-state index in [0.29, 0.717) is 5.69 Å². The summed E-state index contributed by atoms with van der Waals surface area (Å²) in [6.07, 6.45) is 2.61.